The molecule has 2 rings (SSSR count). The van der Waals surface area contributed by atoms with E-state index in [1.165, 1.54) is 6.08 Å². The van der Waals surface area contributed by atoms with E-state index in [4.69, 9.17) is 0 Å². The lowest BCUT2D eigenvalue weighted by Gasteiger charge is -2.02. The summed E-state index contributed by atoms with van der Waals surface area (Å²) in [5.74, 6) is -0.394. The molecule has 0 aromatic carbocycles. The minimum atomic E-state index is -0.394. The Bertz CT molecular complexity index is 577. The summed E-state index contributed by atoms with van der Waals surface area (Å²) in [6.07, 6.45) is 3.62. The van der Waals surface area contributed by atoms with E-state index in [0.29, 0.717) is 18.5 Å². The van der Waals surface area contributed by atoms with Gasteiger partial charge in [-0.3, -0.25) is 14.6 Å². The molecule has 0 aliphatic heterocycles. The van der Waals surface area contributed by atoms with Crippen LogP contribution in [-0.4, -0.2) is 17.2 Å². The molecule has 0 bridgehead atoms. The number of carbonyl (C=O) groups excluding carboxylic acids is 2. The molecule has 1 amide bonds. The summed E-state index contributed by atoms with van der Waals surface area (Å²) in [6, 6.07) is 9.14. The molecule has 0 saturated carbocycles. The van der Waals surface area contributed by atoms with Crippen molar-refractivity contribution in [2.75, 3.05) is 0 Å². The second-order valence-corrected chi connectivity index (χ2v) is 4.77. The van der Waals surface area contributed by atoms with E-state index in [1.807, 2.05) is 17.5 Å². The molecule has 96 valence electrons. The van der Waals surface area contributed by atoms with Crippen molar-refractivity contribution >= 4 is 29.6 Å². The first kappa shape index (κ1) is 13.2. The number of aromatic nitrogens is 1. The molecule has 0 atom stereocenters. The summed E-state index contributed by atoms with van der Waals surface area (Å²) < 4.78 is 0. The zero-order chi connectivity index (χ0) is 13.5. The largest absolute Gasteiger partial charge is 0.347 e. The number of thiophene rings is 1. The molecule has 2 aromatic rings. The van der Waals surface area contributed by atoms with Crippen molar-refractivity contribution in [1.82, 2.24) is 10.3 Å². The average molecular weight is 272 g/mol. The third kappa shape index (κ3) is 3.86. The first-order chi connectivity index (χ1) is 9.29. The van der Waals surface area contributed by atoms with E-state index in [1.54, 1.807) is 35.7 Å². The lowest BCUT2D eigenvalue weighted by Crippen LogP contribution is -2.24. The lowest BCUT2D eigenvalue weighted by atomic mass is 10.2. The Labute approximate surface area is 114 Å². The number of carbonyl (C=O) groups is 2. The summed E-state index contributed by atoms with van der Waals surface area (Å²) in [4.78, 5) is 27.9. The Balaban J connectivity index is 2.03. The number of nitrogens with one attached hydrogen (secondary N) is 1. The van der Waals surface area contributed by atoms with Crippen LogP contribution < -0.4 is 5.32 Å². The zero-order valence-electron chi connectivity index (χ0n) is 10.1. The van der Waals surface area contributed by atoms with Gasteiger partial charge in [0.1, 0.15) is 0 Å². The van der Waals surface area contributed by atoms with Crippen molar-refractivity contribution in [3.05, 3.63) is 58.1 Å². The average Bonchev–Trinajstić information content (AvgIpc) is 2.96. The van der Waals surface area contributed by atoms with E-state index in [0.717, 1.165) is 4.88 Å². The first-order valence-electron chi connectivity index (χ1n) is 5.68. The highest BCUT2D eigenvalue weighted by Crippen LogP contribution is 2.08. The van der Waals surface area contributed by atoms with Crippen LogP contribution in [-0.2, 0) is 16.1 Å². The fourth-order valence-electron chi connectivity index (χ4n) is 1.46. The molecule has 4 nitrogen and oxygen atoms in total. The molecule has 2 aromatic heterocycles. The second kappa shape index (κ2) is 6.61. The lowest BCUT2D eigenvalue weighted by molar-refractivity contribution is -0.119. The van der Waals surface area contributed by atoms with Gasteiger partial charge < -0.3 is 5.32 Å². The highest BCUT2D eigenvalue weighted by Gasteiger charge is 2.08. The predicted molar refractivity (Wildman–Crippen MR) is 74.4 cm³/mol. The smallest absolute Gasteiger partial charge is 0.254 e. The van der Waals surface area contributed by atoms with Gasteiger partial charge in [-0.2, -0.15) is 0 Å². The number of hydrogen-bond donors (Lipinski definition) is 1. The highest BCUT2D eigenvalue weighted by molar-refractivity contribution is 7.09. The van der Waals surface area contributed by atoms with Crippen LogP contribution in [0.1, 0.15) is 10.6 Å². The second-order valence-electron chi connectivity index (χ2n) is 3.73. The van der Waals surface area contributed by atoms with Gasteiger partial charge in [0.25, 0.3) is 5.91 Å². The normalized spacial score (nSPS) is 11.1. The topological polar surface area (TPSA) is 59.1 Å². The quantitative estimate of drug-likeness (QED) is 0.392. The van der Waals surface area contributed by atoms with E-state index in [2.05, 4.69) is 10.3 Å². The van der Waals surface area contributed by atoms with Crippen LogP contribution in [0, 0.1) is 0 Å². The summed E-state index contributed by atoms with van der Waals surface area (Å²) in [7, 11) is 0. The maximum atomic E-state index is 11.8. The number of amides is 1. The molecule has 5 heteroatoms. The summed E-state index contributed by atoms with van der Waals surface area (Å²) in [5, 5.41) is 4.64. The molecule has 0 aliphatic carbocycles. The molecular formula is C14H12N2O2S. The molecule has 0 unspecified atom stereocenters. The maximum Gasteiger partial charge on any atom is 0.254 e. The Kier molecular flexibility index (Phi) is 4.58. The molecule has 0 aliphatic rings. The molecular weight excluding hydrogens is 260 g/mol. The number of pyridine rings is 1. The number of rotatable bonds is 5. The Morgan fingerprint density at radius 1 is 1.32 bits per heavy atom. The standard InChI is InChI=1S/C14H12N2O2S/c17-10-11(8-12-4-1-2-6-15-12)14(18)16-9-13-5-3-7-19-13/h1-8,10H,9H2,(H,16,18)/b11-8+. The van der Waals surface area contributed by atoms with Crippen molar-refractivity contribution in [1.29, 1.82) is 0 Å². The van der Waals surface area contributed by atoms with Gasteiger partial charge in [-0.05, 0) is 29.7 Å². The Morgan fingerprint density at radius 3 is 2.84 bits per heavy atom. The van der Waals surface area contributed by atoms with Crippen LogP contribution in [0.25, 0.3) is 6.08 Å². The van der Waals surface area contributed by atoms with Gasteiger partial charge in [0, 0.05) is 11.1 Å². The monoisotopic (exact) mass is 272 g/mol. The molecule has 2 heterocycles. The highest BCUT2D eigenvalue weighted by atomic mass is 32.1. The Hall–Kier alpha value is -2.27. The summed E-state index contributed by atoms with van der Waals surface area (Å²) in [5.41, 5.74) is 0.645. The van der Waals surface area contributed by atoms with Crippen molar-refractivity contribution in [3.8, 4) is 0 Å². The van der Waals surface area contributed by atoms with Gasteiger partial charge in [-0.1, -0.05) is 12.1 Å². The van der Waals surface area contributed by atoms with E-state index >= 15 is 0 Å². The number of hydrogen-bond acceptors (Lipinski definition) is 4. The van der Waals surface area contributed by atoms with Crippen LogP contribution in [0.4, 0.5) is 0 Å². The molecule has 0 saturated heterocycles. The third-order valence-electron chi connectivity index (χ3n) is 2.38. The molecule has 0 radical (unpaired) electrons. The van der Waals surface area contributed by atoms with Gasteiger partial charge in [0.2, 0.25) is 0 Å². The van der Waals surface area contributed by atoms with E-state index in [-0.39, 0.29) is 5.57 Å². The van der Waals surface area contributed by atoms with Gasteiger partial charge in [0.05, 0.1) is 17.8 Å². The van der Waals surface area contributed by atoms with Crippen LogP contribution in [0.15, 0.2) is 47.5 Å². The van der Waals surface area contributed by atoms with Gasteiger partial charge in [0.15, 0.2) is 6.29 Å². The summed E-state index contributed by atoms with van der Waals surface area (Å²) in [6.45, 7) is 0.421. The van der Waals surface area contributed by atoms with Crippen molar-refractivity contribution in [3.63, 3.8) is 0 Å². The SMILES string of the molecule is O=C/C(=C\c1ccccn1)C(=O)NCc1cccs1. The third-order valence-corrected chi connectivity index (χ3v) is 3.26. The Morgan fingerprint density at radius 2 is 2.21 bits per heavy atom. The molecule has 0 spiro atoms. The van der Waals surface area contributed by atoms with E-state index in [9.17, 15) is 9.59 Å². The predicted octanol–water partition coefficient (Wildman–Crippen LogP) is 2.04. The maximum absolute atomic E-state index is 11.8. The van der Waals surface area contributed by atoms with Crippen LogP contribution >= 0.6 is 11.3 Å². The minimum Gasteiger partial charge on any atom is -0.347 e. The molecule has 1 N–H and O–H groups in total. The van der Waals surface area contributed by atoms with E-state index < -0.39 is 5.91 Å². The minimum absolute atomic E-state index is 0.0651. The van der Waals surface area contributed by atoms with Crippen LogP contribution in [0.2, 0.25) is 0 Å². The molecule has 0 fully saturated rings. The van der Waals surface area contributed by atoms with Crippen molar-refractivity contribution in [2.24, 2.45) is 0 Å². The fraction of sp³-hybridized carbons (Fsp3) is 0.0714. The van der Waals surface area contributed by atoms with Crippen molar-refractivity contribution < 1.29 is 9.59 Å². The number of aldehydes is 1. The zero-order valence-corrected chi connectivity index (χ0v) is 10.9. The first-order valence-corrected chi connectivity index (χ1v) is 6.56. The van der Waals surface area contributed by atoms with Crippen LogP contribution in [0.3, 0.4) is 0 Å². The fourth-order valence-corrected chi connectivity index (χ4v) is 2.10. The van der Waals surface area contributed by atoms with Gasteiger partial charge in [-0.25, -0.2) is 0 Å². The number of nitrogens with zero attached hydrogens (tertiary/aromatic N) is 1. The van der Waals surface area contributed by atoms with Crippen LogP contribution in [0.5, 0.6) is 0 Å². The van der Waals surface area contributed by atoms with Gasteiger partial charge >= 0.3 is 0 Å². The molecule has 19 heavy (non-hydrogen) atoms. The van der Waals surface area contributed by atoms with Gasteiger partial charge in [-0.15, -0.1) is 11.3 Å². The summed E-state index contributed by atoms with van der Waals surface area (Å²) >= 11 is 1.55. The van der Waals surface area contributed by atoms with Crippen molar-refractivity contribution in [2.45, 2.75) is 6.54 Å².